The Morgan fingerprint density at radius 1 is 1.43 bits per heavy atom. The van der Waals surface area contributed by atoms with E-state index >= 15 is 0 Å². The SMILES string of the molecule is COC1CNC(C(=O)Nc2ccc(CS(N)(=O)=O)cc2)C1. The molecule has 8 heteroatoms. The number of carbonyl (C=O) groups is 1. The normalized spacial score (nSPS) is 22.2. The molecule has 1 aliphatic heterocycles. The van der Waals surface area contributed by atoms with Crippen molar-refractivity contribution in [1.29, 1.82) is 0 Å². The fraction of sp³-hybridized carbons (Fsp3) is 0.462. The number of nitrogens with one attached hydrogen (secondary N) is 2. The van der Waals surface area contributed by atoms with Gasteiger partial charge in [-0.2, -0.15) is 0 Å². The molecule has 2 rings (SSSR count). The zero-order valence-corrected chi connectivity index (χ0v) is 12.5. The Bertz CT molecular complexity index is 600. The van der Waals surface area contributed by atoms with E-state index in [0.29, 0.717) is 24.2 Å². The van der Waals surface area contributed by atoms with Crippen LogP contribution in [-0.4, -0.2) is 40.1 Å². The minimum absolute atomic E-state index is 0.0536. The average molecular weight is 313 g/mol. The zero-order chi connectivity index (χ0) is 15.5. The topological polar surface area (TPSA) is 111 Å². The molecule has 21 heavy (non-hydrogen) atoms. The molecular formula is C13H19N3O4S. The van der Waals surface area contributed by atoms with E-state index in [4.69, 9.17) is 9.88 Å². The van der Waals surface area contributed by atoms with E-state index in [0.717, 1.165) is 0 Å². The van der Waals surface area contributed by atoms with Crippen molar-refractivity contribution in [2.75, 3.05) is 19.0 Å². The van der Waals surface area contributed by atoms with Gasteiger partial charge in [0, 0.05) is 19.3 Å². The van der Waals surface area contributed by atoms with E-state index in [1.807, 2.05) is 0 Å². The maximum Gasteiger partial charge on any atom is 0.241 e. The second-order valence-corrected chi connectivity index (χ2v) is 6.66. The van der Waals surface area contributed by atoms with Gasteiger partial charge < -0.3 is 15.4 Å². The first kappa shape index (κ1) is 15.9. The summed E-state index contributed by atoms with van der Waals surface area (Å²) < 4.78 is 27.2. The van der Waals surface area contributed by atoms with Crippen molar-refractivity contribution in [3.8, 4) is 0 Å². The molecular weight excluding hydrogens is 294 g/mol. The molecule has 1 aromatic carbocycles. The molecule has 1 saturated heterocycles. The van der Waals surface area contributed by atoms with Crippen molar-refractivity contribution in [3.63, 3.8) is 0 Å². The molecule has 0 bridgehead atoms. The lowest BCUT2D eigenvalue weighted by molar-refractivity contribution is -0.118. The first-order valence-electron chi connectivity index (χ1n) is 6.54. The fourth-order valence-corrected chi connectivity index (χ4v) is 2.89. The monoisotopic (exact) mass is 313 g/mol. The molecule has 1 fully saturated rings. The van der Waals surface area contributed by atoms with E-state index in [9.17, 15) is 13.2 Å². The maximum atomic E-state index is 12.0. The van der Waals surface area contributed by atoms with Crippen molar-refractivity contribution >= 4 is 21.6 Å². The van der Waals surface area contributed by atoms with E-state index < -0.39 is 10.0 Å². The van der Waals surface area contributed by atoms with Gasteiger partial charge in [-0.15, -0.1) is 0 Å². The second-order valence-electron chi connectivity index (χ2n) is 5.05. The Morgan fingerprint density at radius 3 is 2.62 bits per heavy atom. The van der Waals surface area contributed by atoms with Gasteiger partial charge >= 0.3 is 0 Å². The summed E-state index contributed by atoms with van der Waals surface area (Å²) in [6.07, 6.45) is 0.684. The number of carbonyl (C=O) groups excluding carboxylic acids is 1. The third-order valence-corrected chi connectivity index (χ3v) is 4.07. The number of methoxy groups -OCH3 is 1. The largest absolute Gasteiger partial charge is 0.380 e. The standard InChI is InChI=1S/C13H19N3O4S/c1-20-11-6-12(15-7-11)13(17)16-10-4-2-9(3-5-10)8-21(14,18)19/h2-5,11-12,15H,6-8H2,1H3,(H,16,17)(H2,14,18,19). The zero-order valence-electron chi connectivity index (χ0n) is 11.7. The molecule has 2 atom stereocenters. The van der Waals surface area contributed by atoms with Crippen LogP contribution in [0.2, 0.25) is 0 Å². The maximum absolute atomic E-state index is 12.0. The number of anilines is 1. The van der Waals surface area contributed by atoms with E-state index in [1.165, 1.54) is 0 Å². The van der Waals surface area contributed by atoms with Crippen molar-refractivity contribution in [3.05, 3.63) is 29.8 Å². The lowest BCUT2D eigenvalue weighted by atomic mass is 10.1. The molecule has 4 N–H and O–H groups in total. The smallest absolute Gasteiger partial charge is 0.241 e. The Balaban J connectivity index is 1.93. The van der Waals surface area contributed by atoms with Crippen LogP contribution in [0.5, 0.6) is 0 Å². The Labute approximate surface area is 123 Å². The predicted octanol–water partition coefficient (Wildman–Crippen LogP) is -0.209. The van der Waals surface area contributed by atoms with Gasteiger partial charge in [0.05, 0.1) is 17.9 Å². The molecule has 1 amide bonds. The summed E-state index contributed by atoms with van der Waals surface area (Å²) in [4.78, 5) is 12.0. The van der Waals surface area contributed by atoms with Crippen LogP contribution in [0, 0.1) is 0 Å². The number of primary sulfonamides is 1. The highest BCUT2D eigenvalue weighted by atomic mass is 32.2. The van der Waals surface area contributed by atoms with Crippen LogP contribution < -0.4 is 15.8 Å². The number of rotatable bonds is 5. The number of hydrogen-bond donors (Lipinski definition) is 3. The summed E-state index contributed by atoms with van der Waals surface area (Å²) in [5.74, 6) is -0.352. The fourth-order valence-electron chi connectivity index (χ4n) is 2.23. The summed E-state index contributed by atoms with van der Waals surface area (Å²) in [6.45, 7) is 0.655. The summed E-state index contributed by atoms with van der Waals surface area (Å²) in [5.41, 5.74) is 1.19. The van der Waals surface area contributed by atoms with Gasteiger partial charge in [-0.05, 0) is 24.1 Å². The third-order valence-electron chi connectivity index (χ3n) is 3.33. The molecule has 7 nitrogen and oxygen atoms in total. The van der Waals surface area contributed by atoms with Gasteiger partial charge in [-0.3, -0.25) is 4.79 Å². The number of ether oxygens (including phenoxy) is 1. The van der Waals surface area contributed by atoms with Crippen molar-refractivity contribution in [1.82, 2.24) is 5.32 Å². The summed E-state index contributed by atoms with van der Waals surface area (Å²) >= 11 is 0. The van der Waals surface area contributed by atoms with Gasteiger partial charge in [-0.25, -0.2) is 13.6 Å². The first-order valence-corrected chi connectivity index (χ1v) is 8.25. The van der Waals surface area contributed by atoms with Crippen LogP contribution in [0.25, 0.3) is 0 Å². The van der Waals surface area contributed by atoms with E-state index in [2.05, 4.69) is 10.6 Å². The summed E-state index contributed by atoms with van der Waals surface area (Å²) in [5, 5.41) is 10.8. The van der Waals surface area contributed by atoms with E-state index in [1.54, 1.807) is 31.4 Å². The Hall–Kier alpha value is -1.48. The Kier molecular flexibility index (Phi) is 4.94. The number of benzene rings is 1. The minimum atomic E-state index is -3.55. The van der Waals surface area contributed by atoms with Gasteiger partial charge in [0.25, 0.3) is 0 Å². The molecule has 0 spiro atoms. The van der Waals surface area contributed by atoms with Crippen LogP contribution in [0.1, 0.15) is 12.0 Å². The third kappa shape index (κ3) is 4.78. The van der Waals surface area contributed by atoms with Crippen LogP contribution in [0.3, 0.4) is 0 Å². The molecule has 0 aromatic heterocycles. The number of amides is 1. The highest BCUT2D eigenvalue weighted by Gasteiger charge is 2.29. The number of hydrogen-bond acceptors (Lipinski definition) is 5. The van der Waals surface area contributed by atoms with Crippen LogP contribution in [0.15, 0.2) is 24.3 Å². The van der Waals surface area contributed by atoms with Crippen molar-refractivity contribution in [2.24, 2.45) is 5.14 Å². The second kappa shape index (κ2) is 6.52. The highest BCUT2D eigenvalue weighted by molar-refractivity contribution is 7.88. The molecule has 0 saturated carbocycles. The quantitative estimate of drug-likeness (QED) is 0.696. The first-order chi connectivity index (χ1) is 9.87. The molecule has 1 heterocycles. The number of nitrogens with two attached hydrogens (primary N) is 1. The lowest BCUT2D eigenvalue weighted by Gasteiger charge is -2.11. The molecule has 0 radical (unpaired) electrons. The number of sulfonamides is 1. The minimum Gasteiger partial charge on any atom is -0.380 e. The lowest BCUT2D eigenvalue weighted by Crippen LogP contribution is -2.35. The van der Waals surface area contributed by atoms with E-state index in [-0.39, 0.29) is 23.8 Å². The molecule has 0 aliphatic carbocycles. The van der Waals surface area contributed by atoms with Crippen LogP contribution in [-0.2, 0) is 25.3 Å². The van der Waals surface area contributed by atoms with Gasteiger partial charge in [-0.1, -0.05) is 12.1 Å². The summed E-state index contributed by atoms with van der Waals surface area (Å²) in [7, 11) is -1.92. The van der Waals surface area contributed by atoms with Crippen LogP contribution >= 0.6 is 0 Å². The van der Waals surface area contributed by atoms with Crippen molar-refractivity contribution < 1.29 is 17.9 Å². The van der Waals surface area contributed by atoms with Gasteiger partial charge in [0.2, 0.25) is 15.9 Å². The average Bonchev–Trinajstić information content (AvgIpc) is 2.88. The highest BCUT2D eigenvalue weighted by Crippen LogP contribution is 2.14. The van der Waals surface area contributed by atoms with Crippen LogP contribution in [0.4, 0.5) is 5.69 Å². The predicted molar refractivity (Wildman–Crippen MR) is 79.1 cm³/mol. The molecule has 1 aliphatic rings. The van der Waals surface area contributed by atoms with Crippen molar-refractivity contribution in [2.45, 2.75) is 24.3 Å². The van der Waals surface area contributed by atoms with Gasteiger partial charge in [0.15, 0.2) is 0 Å². The Morgan fingerprint density at radius 2 is 2.10 bits per heavy atom. The molecule has 1 aromatic rings. The summed E-state index contributed by atoms with van der Waals surface area (Å²) in [6, 6.07) is 6.28. The van der Waals surface area contributed by atoms with Gasteiger partial charge in [0.1, 0.15) is 0 Å². The molecule has 2 unspecified atom stereocenters. The molecule has 116 valence electrons.